The molecule has 2 nitrogen and oxygen atoms in total. The van der Waals surface area contributed by atoms with E-state index in [2.05, 4.69) is 40.1 Å². The van der Waals surface area contributed by atoms with Crippen molar-refractivity contribution in [1.29, 1.82) is 0 Å². The molecule has 1 fully saturated rings. The number of rotatable bonds is 5. The number of piperazine rings is 1. The molecule has 1 aliphatic heterocycles. The summed E-state index contributed by atoms with van der Waals surface area (Å²) in [6, 6.07) is 22.2. The van der Waals surface area contributed by atoms with E-state index in [0.717, 1.165) is 50.3 Å². The van der Waals surface area contributed by atoms with Gasteiger partial charge in [-0.3, -0.25) is 9.80 Å². The second-order valence-electron chi connectivity index (χ2n) is 9.08. The highest BCUT2D eigenvalue weighted by molar-refractivity contribution is 5.85. The van der Waals surface area contributed by atoms with Gasteiger partial charge in [0.25, 0.3) is 0 Å². The number of hydrogen-bond acceptors (Lipinski definition) is 2. The van der Waals surface area contributed by atoms with Gasteiger partial charge in [-0.25, -0.2) is 8.78 Å². The summed E-state index contributed by atoms with van der Waals surface area (Å²) >= 11 is 0. The maximum atomic E-state index is 13.6. The maximum Gasteiger partial charge on any atom is 0.123 e. The number of nitrogens with zero attached hydrogens (tertiary/aromatic N) is 2. The van der Waals surface area contributed by atoms with Crippen LogP contribution in [0.5, 0.6) is 0 Å². The summed E-state index contributed by atoms with van der Waals surface area (Å²) in [7, 11) is 0. The summed E-state index contributed by atoms with van der Waals surface area (Å²) < 4.78 is 27.1. The first-order valence-electron chi connectivity index (χ1n) is 11.9. The fourth-order valence-corrected chi connectivity index (χ4v) is 5.22. The van der Waals surface area contributed by atoms with E-state index in [1.165, 1.54) is 53.8 Å². The van der Waals surface area contributed by atoms with Crippen LogP contribution < -0.4 is 0 Å². The van der Waals surface area contributed by atoms with Crippen LogP contribution in [0.4, 0.5) is 8.78 Å². The Bertz CT molecular complexity index is 1060. The lowest BCUT2D eigenvalue weighted by atomic mass is 9.87. The number of allylic oxidation sites excluding steroid dienone is 1. The second-order valence-corrected chi connectivity index (χ2v) is 9.08. The Labute approximate surface area is 219 Å². The quantitative estimate of drug-likeness (QED) is 0.362. The molecule has 186 valence electrons. The largest absolute Gasteiger partial charge is 0.297 e. The standard InChI is InChI=1S/C29H30F2N2.2ClH/c30-26-12-8-24(9-13-26)29(25-10-14-27(31)15-11-25)33-20-18-32(19-21-33)17-16-23-6-3-5-22-4-1-2-7-28(22)23;;/h1-2,4,7-16,29H,3,5-6,17-21H2;2*1H/b23-16-;;. The van der Waals surface area contributed by atoms with E-state index in [1.54, 1.807) is 0 Å². The first kappa shape index (κ1) is 27.3. The Balaban J connectivity index is 0.00000171. The molecule has 0 aromatic heterocycles. The SMILES string of the molecule is Cl.Cl.Fc1ccc(C(c2ccc(F)cc2)N2CCN(C/C=C3/CCCc4ccccc43)CC2)cc1. The van der Waals surface area contributed by atoms with Gasteiger partial charge in [-0.05, 0) is 71.4 Å². The Hall–Kier alpha value is -2.24. The van der Waals surface area contributed by atoms with E-state index >= 15 is 0 Å². The van der Waals surface area contributed by atoms with Gasteiger partial charge in [0.15, 0.2) is 0 Å². The minimum Gasteiger partial charge on any atom is -0.297 e. The highest BCUT2D eigenvalue weighted by atomic mass is 35.5. The van der Waals surface area contributed by atoms with Gasteiger partial charge < -0.3 is 0 Å². The first-order valence-corrected chi connectivity index (χ1v) is 11.9. The van der Waals surface area contributed by atoms with Gasteiger partial charge in [-0.2, -0.15) is 0 Å². The van der Waals surface area contributed by atoms with Crippen LogP contribution in [0, 0.1) is 11.6 Å². The summed E-state index contributed by atoms with van der Waals surface area (Å²) in [5.41, 5.74) is 6.46. The molecule has 3 aromatic rings. The van der Waals surface area contributed by atoms with E-state index < -0.39 is 0 Å². The van der Waals surface area contributed by atoms with Crippen molar-refractivity contribution in [2.24, 2.45) is 0 Å². The summed E-state index contributed by atoms with van der Waals surface area (Å²) in [6.45, 7) is 4.75. The van der Waals surface area contributed by atoms with Crippen molar-refractivity contribution in [2.45, 2.75) is 25.3 Å². The molecule has 1 aliphatic carbocycles. The molecular formula is C29H32Cl2F2N2. The summed E-state index contributed by atoms with van der Waals surface area (Å²) in [4.78, 5) is 4.94. The van der Waals surface area contributed by atoms with Crippen molar-refractivity contribution >= 4 is 30.4 Å². The molecular weight excluding hydrogens is 485 g/mol. The molecule has 3 aromatic carbocycles. The fourth-order valence-electron chi connectivity index (χ4n) is 5.22. The van der Waals surface area contributed by atoms with Crippen LogP contribution in [-0.2, 0) is 6.42 Å². The van der Waals surface area contributed by atoms with E-state index in [0.29, 0.717) is 0 Å². The zero-order chi connectivity index (χ0) is 22.6. The van der Waals surface area contributed by atoms with Crippen LogP contribution in [0.25, 0.3) is 5.57 Å². The van der Waals surface area contributed by atoms with E-state index in [4.69, 9.17) is 0 Å². The lowest BCUT2D eigenvalue weighted by Gasteiger charge is -2.39. The monoisotopic (exact) mass is 516 g/mol. The molecule has 0 unspecified atom stereocenters. The molecule has 35 heavy (non-hydrogen) atoms. The Morgan fingerprint density at radius 3 is 1.89 bits per heavy atom. The molecule has 0 spiro atoms. The molecule has 1 heterocycles. The third-order valence-corrected chi connectivity index (χ3v) is 6.99. The van der Waals surface area contributed by atoms with Crippen LogP contribution in [0.2, 0.25) is 0 Å². The minimum absolute atomic E-state index is 0. The van der Waals surface area contributed by atoms with Crippen LogP contribution >= 0.6 is 24.8 Å². The molecule has 0 bridgehead atoms. The van der Waals surface area contributed by atoms with Gasteiger partial charge in [0, 0.05) is 32.7 Å². The molecule has 0 N–H and O–H groups in total. The molecule has 0 saturated carbocycles. The highest BCUT2D eigenvalue weighted by Gasteiger charge is 2.26. The molecule has 6 heteroatoms. The van der Waals surface area contributed by atoms with E-state index in [-0.39, 0.29) is 42.5 Å². The highest BCUT2D eigenvalue weighted by Crippen LogP contribution is 2.32. The van der Waals surface area contributed by atoms with Gasteiger partial charge in [0.1, 0.15) is 11.6 Å². The maximum absolute atomic E-state index is 13.6. The Morgan fingerprint density at radius 2 is 1.29 bits per heavy atom. The number of hydrogen-bond donors (Lipinski definition) is 0. The zero-order valence-corrected chi connectivity index (χ0v) is 21.3. The van der Waals surface area contributed by atoms with Gasteiger partial charge in [-0.1, -0.05) is 54.6 Å². The normalized spacial score (nSPS) is 17.5. The van der Waals surface area contributed by atoms with E-state index in [1.807, 2.05) is 24.3 Å². The van der Waals surface area contributed by atoms with Crippen LogP contribution in [0.3, 0.4) is 0 Å². The Morgan fingerprint density at radius 1 is 0.714 bits per heavy atom. The van der Waals surface area contributed by atoms with Gasteiger partial charge >= 0.3 is 0 Å². The van der Waals surface area contributed by atoms with Crippen molar-refractivity contribution in [2.75, 3.05) is 32.7 Å². The van der Waals surface area contributed by atoms with Crippen LogP contribution in [0.15, 0.2) is 78.9 Å². The molecule has 1 saturated heterocycles. The van der Waals surface area contributed by atoms with E-state index in [9.17, 15) is 8.78 Å². The first-order chi connectivity index (χ1) is 16.2. The third-order valence-electron chi connectivity index (χ3n) is 6.99. The number of benzene rings is 3. The predicted octanol–water partition coefficient (Wildman–Crippen LogP) is 6.94. The lowest BCUT2D eigenvalue weighted by molar-refractivity contribution is 0.117. The number of fused-ring (bicyclic) bond motifs is 1. The average molecular weight is 517 g/mol. The van der Waals surface area contributed by atoms with Gasteiger partial charge in [-0.15, -0.1) is 24.8 Å². The van der Waals surface area contributed by atoms with Crippen molar-refractivity contribution in [3.8, 4) is 0 Å². The van der Waals surface area contributed by atoms with Crippen molar-refractivity contribution in [3.05, 3.63) is 113 Å². The molecule has 0 atom stereocenters. The molecule has 0 amide bonds. The molecule has 2 aliphatic rings. The van der Waals surface area contributed by atoms with Crippen molar-refractivity contribution < 1.29 is 8.78 Å². The summed E-state index contributed by atoms with van der Waals surface area (Å²) in [5, 5.41) is 0. The average Bonchev–Trinajstić information content (AvgIpc) is 2.86. The summed E-state index contributed by atoms with van der Waals surface area (Å²) in [6.07, 6.45) is 5.99. The zero-order valence-electron chi connectivity index (χ0n) is 19.7. The van der Waals surface area contributed by atoms with Crippen molar-refractivity contribution in [3.63, 3.8) is 0 Å². The topological polar surface area (TPSA) is 6.48 Å². The van der Waals surface area contributed by atoms with Crippen molar-refractivity contribution in [1.82, 2.24) is 9.80 Å². The molecule has 0 radical (unpaired) electrons. The minimum atomic E-state index is -0.237. The summed E-state index contributed by atoms with van der Waals surface area (Å²) in [5.74, 6) is -0.475. The third kappa shape index (κ3) is 6.50. The fraction of sp³-hybridized carbons (Fsp3) is 0.310. The van der Waals surface area contributed by atoms with Crippen LogP contribution in [0.1, 0.15) is 41.1 Å². The molecule has 5 rings (SSSR count). The number of aryl methyl sites for hydroxylation is 1. The second kappa shape index (κ2) is 12.6. The number of halogens is 4. The van der Waals surface area contributed by atoms with Crippen LogP contribution in [-0.4, -0.2) is 42.5 Å². The lowest BCUT2D eigenvalue weighted by Crippen LogP contribution is -2.47. The van der Waals surface area contributed by atoms with Gasteiger partial charge in [0.2, 0.25) is 0 Å². The predicted molar refractivity (Wildman–Crippen MR) is 145 cm³/mol. The van der Waals surface area contributed by atoms with Gasteiger partial charge in [0.05, 0.1) is 6.04 Å². The smallest absolute Gasteiger partial charge is 0.123 e. The Kier molecular flexibility index (Phi) is 9.88.